The van der Waals surface area contributed by atoms with Gasteiger partial charge in [-0.25, -0.2) is 0 Å². The Labute approximate surface area is 149 Å². The minimum Gasteiger partial charge on any atom is -0.483 e. The molecule has 2 amide bonds. The van der Waals surface area contributed by atoms with Crippen LogP contribution in [0.2, 0.25) is 10.0 Å². The van der Waals surface area contributed by atoms with Crippen molar-refractivity contribution in [2.24, 2.45) is 5.73 Å². The molecule has 1 atom stereocenters. The van der Waals surface area contributed by atoms with E-state index < -0.39 is 5.91 Å². The molecular formula is C17H16Cl2N2O3. The standard InChI is InChI=1S/C17H16Cl2N2O3/c1-10(12-4-2-3-5-14(12)19)21-16(22)9-24-15-7-6-11(18)8-13(15)17(20)23/h2-8,10H,9H2,1H3,(H2,20,23)(H,21,22). The first-order valence-corrected chi connectivity index (χ1v) is 7.90. The summed E-state index contributed by atoms with van der Waals surface area (Å²) in [5.74, 6) is -0.836. The van der Waals surface area contributed by atoms with Gasteiger partial charge in [0, 0.05) is 10.0 Å². The van der Waals surface area contributed by atoms with E-state index in [0.717, 1.165) is 5.56 Å². The highest BCUT2D eigenvalue weighted by molar-refractivity contribution is 6.31. The molecule has 2 aromatic carbocycles. The number of halogens is 2. The lowest BCUT2D eigenvalue weighted by atomic mass is 10.1. The van der Waals surface area contributed by atoms with E-state index in [4.69, 9.17) is 33.7 Å². The van der Waals surface area contributed by atoms with Crippen LogP contribution in [-0.4, -0.2) is 18.4 Å². The molecule has 24 heavy (non-hydrogen) atoms. The number of amides is 2. The molecule has 5 nitrogen and oxygen atoms in total. The lowest BCUT2D eigenvalue weighted by Gasteiger charge is -2.16. The molecule has 0 saturated carbocycles. The van der Waals surface area contributed by atoms with Gasteiger partial charge in [0.05, 0.1) is 11.6 Å². The van der Waals surface area contributed by atoms with Crippen molar-refractivity contribution in [3.8, 4) is 5.75 Å². The summed E-state index contributed by atoms with van der Waals surface area (Å²) in [6.07, 6.45) is 0. The summed E-state index contributed by atoms with van der Waals surface area (Å²) in [7, 11) is 0. The van der Waals surface area contributed by atoms with Gasteiger partial charge >= 0.3 is 0 Å². The molecule has 0 heterocycles. The maximum atomic E-state index is 12.0. The highest BCUT2D eigenvalue weighted by Crippen LogP contribution is 2.23. The van der Waals surface area contributed by atoms with Crippen molar-refractivity contribution < 1.29 is 14.3 Å². The van der Waals surface area contributed by atoms with Crippen LogP contribution in [0.1, 0.15) is 28.9 Å². The third kappa shape index (κ3) is 4.63. The Morgan fingerprint density at radius 2 is 1.92 bits per heavy atom. The molecule has 0 aromatic heterocycles. The molecule has 0 aliphatic heterocycles. The molecular weight excluding hydrogens is 351 g/mol. The van der Waals surface area contributed by atoms with Crippen LogP contribution >= 0.6 is 23.2 Å². The minimum absolute atomic E-state index is 0.120. The molecule has 0 spiro atoms. The minimum atomic E-state index is -0.683. The predicted molar refractivity (Wildman–Crippen MR) is 93.5 cm³/mol. The van der Waals surface area contributed by atoms with E-state index in [-0.39, 0.29) is 29.9 Å². The summed E-state index contributed by atoms with van der Waals surface area (Å²) >= 11 is 11.9. The van der Waals surface area contributed by atoms with E-state index in [1.807, 2.05) is 25.1 Å². The van der Waals surface area contributed by atoms with Crippen LogP contribution in [0.5, 0.6) is 5.75 Å². The lowest BCUT2D eigenvalue weighted by molar-refractivity contribution is -0.123. The number of carbonyl (C=O) groups excluding carboxylic acids is 2. The van der Waals surface area contributed by atoms with E-state index in [2.05, 4.69) is 5.32 Å². The van der Waals surface area contributed by atoms with Gasteiger partial charge < -0.3 is 15.8 Å². The molecule has 0 aliphatic carbocycles. The molecule has 0 radical (unpaired) electrons. The van der Waals surface area contributed by atoms with E-state index in [1.165, 1.54) is 12.1 Å². The van der Waals surface area contributed by atoms with Crippen molar-refractivity contribution in [2.75, 3.05) is 6.61 Å². The van der Waals surface area contributed by atoms with Crippen LogP contribution < -0.4 is 15.8 Å². The first-order chi connectivity index (χ1) is 11.4. The summed E-state index contributed by atoms with van der Waals surface area (Å²) in [6.45, 7) is 1.55. The number of hydrogen-bond acceptors (Lipinski definition) is 3. The molecule has 0 saturated heterocycles. The fourth-order valence-corrected chi connectivity index (χ4v) is 2.62. The Morgan fingerprint density at radius 3 is 2.58 bits per heavy atom. The monoisotopic (exact) mass is 366 g/mol. The molecule has 0 bridgehead atoms. The summed E-state index contributed by atoms with van der Waals surface area (Å²) in [6, 6.07) is 11.4. The number of benzene rings is 2. The lowest BCUT2D eigenvalue weighted by Crippen LogP contribution is -2.31. The zero-order valence-electron chi connectivity index (χ0n) is 12.9. The topological polar surface area (TPSA) is 81.4 Å². The first-order valence-electron chi connectivity index (χ1n) is 7.14. The quantitative estimate of drug-likeness (QED) is 0.822. The molecule has 1 unspecified atom stereocenters. The fraction of sp³-hybridized carbons (Fsp3) is 0.176. The van der Waals surface area contributed by atoms with Crippen molar-refractivity contribution in [2.45, 2.75) is 13.0 Å². The molecule has 0 fully saturated rings. The second-order valence-electron chi connectivity index (χ2n) is 5.10. The van der Waals surface area contributed by atoms with Gasteiger partial charge in [-0.15, -0.1) is 0 Å². The molecule has 126 valence electrons. The van der Waals surface area contributed by atoms with Gasteiger partial charge in [0.2, 0.25) is 0 Å². The number of carbonyl (C=O) groups is 2. The fourth-order valence-electron chi connectivity index (χ4n) is 2.15. The van der Waals surface area contributed by atoms with Gasteiger partial charge in [0.25, 0.3) is 11.8 Å². The van der Waals surface area contributed by atoms with Gasteiger partial charge in [-0.05, 0) is 36.8 Å². The summed E-state index contributed by atoms with van der Waals surface area (Å²) < 4.78 is 5.38. The maximum absolute atomic E-state index is 12.0. The van der Waals surface area contributed by atoms with Gasteiger partial charge in [-0.3, -0.25) is 9.59 Å². The number of nitrogens with two attached hydrogens (primary N) is 1. The van der Waals surface area contributed by atoms with Gasteiger partial charge in [-0.2, -0.15) is 0 Å². The average Bonchev–Trinajstić information content (AvgIpc) is 2.53. The highest BCUT2D eigenvalue weighted by Gasteiger charge is 2.15. The van der Waals surface area contributed by atoms with E-state index in [0.29, 0.717) is 10.0 Å². The van der Waals surface area contributed by atoms with Crippen molar-refractivity contribution in [1.82, 2.24) is 5.32 Å². The van der Waals surface area contributed by atoms with Crippen LogP contribution in [0, 0.1) is 0 Å². The van der Waals surface area contributed by atoms with Gasteiger partial charge in [-0.1, -0.05) is 41.4 Å². The first kappa shape index (κ1) is 18.1. The van der Waals surface area contributed by atoms with Crippen LogP contribution in [0.25, 0.3) is 0 Å². The van der Waals surface area contributed by atoms with Crippen LogP contribution in [0.3, 0.4) is 0 Å². The molecule has 2 aromatic rings. The summed E-state index contributed by atoms with van der Waals surface area (Å²) in [5.41, 5.74) is 6.19. The van der Waals surface area contributed by atoms with Crippen LogP contribution in [0.15, 0.2) is 42.5 Å². The molecule has 7 heteroatoms. The SMILES string of the molecule is CC(NC(=O)COc1ccc(Cl)cc1C(N)=O)c1ccccc1Cl. The van der Waals surface area contributed by atoms with Crippen molar-refractivity contribution in [1.29, 1.82) is 0 Å². The third-order valence-electron chi connectivity index (χ3n) is 3.32. The second-order valence-corrected chi connectivity index (χ2v) is 5.95. The predicted octanol–water partition coefficient (Wildman–Crippen LogP) is 3.35. The molecule has 0 aliphatic rings. The number of primary amides is 1. The highest BCUT2D eigenvalue weighted by atomic mass is 35.5. The molecule has 2 rings (SSSR count). The molecule has 3 N–H and O–H groups in total. The number of hydrogen-bond donors (Lipinski definition) is 2. The van der Waals surface area contributed by atoms with E-state index >= 15 is 0 Å². The Hall–Kier alpha value is -2.24. The van der Waals surface area contributed by atoms with Crippen molar-refractivity contribution in [3.05, 3.63) is 63.6 Å². The van der Waals surface area contributed by atoms with Crippen LogP contribution in [-0.2, 0) is 4.79 Å². The van der Waals surface area contributed by atoms with Gasteiger partial charge in [0.15, 0.2) is 6.61 Å². The normalized spacial score (nSPS) is 11.6. The zero-order valence-corrected chi connectivity index (χ0v) is 14.4. The Balaban J connectivity index is 1.99. The van der Waals surface area contributed by atoms with Crippen LogP contribution in [0.4, 0.5) is 0 Å². The Bertz CT molecular complexity index is 765. The third-order valence-corrected chi connectivity index (χ3v) is 3.89. The largest absolute Gasteiger partial charge is 0.483 e. The Kier molecular flexibility index (Phi) is 6.06. The van der Waals surface area contributed by atoms with Gasteiger partial charge in [0.1, 0.15) is 5.75 Å². The van der Waals surface area contributed by atoms with Crippen molar-refractivity contribution >= 4 is 35.0 Å². The Morgan fingerprint density at radius 1 is 1.21 bits per heavy atom. The number of nitrogens with one attached hydrogen (secondary N) is 1. The number of ether oxygens (including phenoxy) is 1. The van der Waals surface area contributed by atoms with Crippen molar-refractivity contribution in [3.63, 3.8) is 0 Å². The summed E-state index contributed by atoms with van der Waals surface area (Å²) in [4.78, 5) is 23.4. The second kappa shape index (κ2) is 8.04. The van der Waals surface area contributed by atoms with E-state index in [1.54, 1.807) is 12.1 Å². The average molecular weight is 367 g/mol. The van der Waals surface area contributed by atoms with E-state index in [9.17, 15) is 9.59 Å². The maximum Gasteiger partial charge on any atom is 0.258 e. The summed E-state index contributed by atoms with van der Waals surface area (Å²) in [5, 5.41) is 3.70. The zero-order chi connectivity index (χ0) is 17.7. The smallest absolute Gasteiger partial charge is 0.258 e. The number of rotatable bonds is 6.